The number of hydrogen-bond donors (Lipinski definition) is 4. The molecule has 4 aromatic carbocycles. The number of fused-ring (bicyclic) bond motifs is 2. The van der Waals surface area contributed by atoms with Gasteiger partial charge in [-0.3, -0.25) is 14.4 Å². The van der Waals surface area contributed by atoms with E-state index in [1.165, 1.54) is 12.7 Å². The lowest BCUT2D eigenvalue weighted by atomic mass is 9.87. The van der Waals surface area contributed by atoms with Crippen LogP contribution in [0.1, 0.15) is 69.5 Å². The quantitative estimate of drug-likeness (QED) is 0.155. The molecule has 4 atom stereocenters. The molecule has 3 amide bonds. The first-order chi connectivity index (χ1) is 25.2. The molecule has 0 fully saturated rings. The maximum atomic E-state index is 14.6. The van der Waals surface area contributed by atoms with Crippen molar-refractivity contribution in [3.63, 3.8) is 0 Å². The third-order valence-corrected chi connectivity index (χ3v) is 10.2. The van der Waals surface area contributed by atoms with Crippen LogP contribution >= 0.6 is 0 Å². The van der Waals surface area contributed by atoms with Crippen molar-refractivity contribution < 1.29 is 23.9 Å². The number of hydrogen-bond acceptors (Lipinski definition) is 7. The Morgan fingerprint density at radius 3 is 2.23 bits per heavy atom. The maximum Gasteiger partial charge on any atom is 0.337 e. The molecule has 1 aliphatic heterocycles. The van der Waals surface area contributed by atoms with Crippen molar-refractivity contribution in [2.24, 2.45) is 0 Å². The number of carbonyl (C=O) groups excluding carboxylic acids is 4. The molecule has 1 heterocycles. The third-order valence-electron chi connectivity index (χ3n) is 10.2. The number of ether oxygens (including phenoxy) is 1. The van der Waals surface area contributed by atoms with Gasteiger partial charge in [0.05, 0.1) is 24.8 Å². The van der Waals surface area contributed by atoms with Gasteiger partial charge in [0.2, 0.25) is 17.7 Å². The fourth-order valence-corrected chi connectivity index (χ4v) is 7.06. The zero-order chi connectivity index (χ0) is 36.6. The molecule has 0 aromatic heterocycles. The number of nitrogens with one attached hydrogen (secondary N) is 4. The Labute approximate surface area is 305 Å². The first kappa shape index (κ1) is 36.3. The predicted molar refractivity (Wildman–Crippen MR) is 200 cm³/mol. The summed E-state index contributed by atoms with van der Waals surface area (Å²) in [6, 6.07) is 28.9. The normalized spacial score (nSPS) is 17.5. The Balaban J connectivity index is 1.20. The number of carbonyl (C=O) groups is 4. The molecule has 0 spiro atoms. The number of aryl methyl sites for hydroxylation is 1. The fraction of sp³-hybridized carbons (Fsp3) is 0.333. The van der Waals surface area contributed by atoms with E-state index in [1.807, 2.05) is 72.8 Å². The Kier molecular flexibility index (Phi) is 11.7. The van der Waals surface area contributed by atoms with Gasteiger partial charge >= 0.3 is 5.97 Å². The summed E-state index contributed by atoms with van der Waals surface area (Å²) in [5.41, 5.74) is 7.65. The van der Waals surface area contributed by atoms with Gasteiger partial charge in [-0.2, -0.15) is 0 Å². The van der Waals surface area contributed by atoms with Crippen molar-refractivity contribution >= 4 is 29.4 Å². The van der Waals surface area contributed by atoms with E-state index < -0.39 is 18.1 Å². The van der Waals surface area contributed by atoms with Gasteiger partial charge in [0, 0.05) is 31.6 Å². The molecule has 0 saturated carbocycles. The average Bonchev–Trinajstić information content (AvgIpc) is 3.19. The molecule has 1 aliphatic carbocycles. The number of esters is 1. The summed E-state index contributed by atoms with van der Waals surface area (Å²) in [4.78, 5) is 55.5. The van der Waals surface area contributed by atoms with Crippen LogP contribution < -0.4 is 21.3 Å². The second-order valence-electron chi connectivity index (χ2n) is 13.6. The van der Waals surface area contributed by atoms with Gasteiger partial charge in [-0.15, -0.1) is 0 Å². The molecule has 52 heavy (non-hydrogen) atoms. The molecule has 10 nitrogen and oxygen atoms in total. The van der Waals surface area contributed by atoms with E-state index in [4.69, 9.17) is 4.74 Å². The second-order valence-corrected chi connectivity index (χ2v) is 13.6. The van der Waals surface area contributed by atoms with E-state index in [0.717, 1.165) is 52.8 Å². The molecular weight excluding hydrogens is 654 g/mol. The van der Waals surface area contributed by atoms with Crippen LogP contribution in [0.15, 0.2) is 97.1 Å². The van der Waals surface area contributed by atoms with Crippen LogP contribution in [0.25, 0.3) is 0 Å². The fourth-order valence-electron chi connectivity index (χ4n) is 7.06. The minimum Gasteiger partial charge on any atom is -0.465 e. The lowest BCUT2D eigenvalue weighted by Gasteiger charge is -2.39. The Bertz CT molecular complexity index is 1890. The van der Waals surface area contributed by atoms with Crippen molar-refractivity contribution in [2.45, 2.75) is 76.3 Å². The van der Waals surface area contributed by atoms with Crippen LogP contribution in [0.3, 0.4) is 0 Å². The molecule has 4 N–H and O–H groups in total. The molecule has 4 aromatic rings. The Hall–Kier alpha value is -5.48. The van der Waals surface area contributed by atoms with Gasteiger partial charge in [0.1, 0.15) is 12.1 Å². The minimum atomic E-state index is -0.897. The predicted octanol–water partition coefficient (Wildman–Crippen LogP) is 4.87. The van der Waals surface area contributed by atoms with E-state index >= 15 is 0 Å². The summed E-state index contributed by atoms with van der Waals surface area (Å²) < 4.78 is 4.78. The highest BCUT2D eigenvalue weighted by Crippen LogP contribution is 2.31. The molecule has 6 rings (SSSR count). The number of benzene rings is 4. The van der Waals surface area contributed by atoms with E-state index in [9.17, 15) is 19.2 Å². The zero-order valence-corrected chi connectivity index (χ0v) is 30.0. The SMILES string of the molecule is CN[C@@H](C)C(=O)N[C@@H](Cc1ccc(NCc2ccc(C(=O)OC)cc2)cc1)C(=O)N1Cc2ccccc2C[C@H]1C(=O)N[C@@H]1CCCc2ccccc21. The standard InChI is InChI=1S/C42H47N5O5/c1-27(43-2)39(48)46-37(23-28-17-21-34(22-18-28)44-25-29-15-19-31(20-16-29)42(51)52-3)41(50)47-26-33-11-5-4-10-32(33)24-38(47)40(49)45-36-14-8-12-30-9-6-7-13-35(30)36/h4-7,9-11,13,15-22,27,36-38,43-44H,8,12,14,23-26H2,1-3H3,(H,45,49)(H,46,48)/t27-,36+,37-,38-/m0/s1. The van der Waals surface area contributed by atoms with Crippen LogP contribution in [-0.2, 0) is 51.5 Å². The highest BCUT2D eigenvalue weighted by atomic mass is 16.5. The third kappa shape index (κ3) is 8.51. The Morgan fingerprint density at radius 1 is 0.846 bits per heavy atom. The summed E-state index contributed by atoms with van der Waals surface area (Å²) in [7, 11) is 3.06. The highest BCUT2D eigenvalue weighted by molar-refractivity contribution is 5.94. The molecule has 2 aliphatic rings. The molecule has 0 radical (unpaired) electrons. The molecule has 0 saturated heterocycles. The van der Waals surface area contributed by atoms with Gasteiger partial charge in [0.15, 0.2) is 0 Å². The number of anilines is 1. The van der Waals surface area contributed by atoms with E-state index in [0.29, 0.717) is 18.5 Å². The molecule has 270 valence electrons. The van der Waals surface area contributed by atoms with Crippen LogP contribution in [-0.4, -0.2) is 60.9 Å². The molecule has 0 unspecified atom stereocenters. The van der Waals surface area contributed by atoms with E-state index in [2.05, 4.69) is 33.4 Å². The van der Waals surface area contributed by atoms with Crippen LogP contribution in [0.2, 0.25) is 0 Å². The van der Waals surface area contributed by atoms with Crippen molar-refractivity contribution in [1.82, 2.24) is 20.9 Å². The first-order valence-electron chi connectivity index (χ1n) is 18.0. The average molecular weight is 702 g/mol. The summed E-state index contributed by atoms with van der Waals surface area (Å²) in [6.45, 7) is 2.56. The Morgan fingerprint density at radius 2 is 1.52 bits per heavy atom. The number of methoxy groups -OCH3 is 1. The lowest BCUT2D eigenvalue weighted by molar-refractivity contribution is -0.145. The summed E-state index contributed by atoms with van der Waals surface area (Å²) in [5.74, 6) is -1.16. The highest BCUT2D eigenvalue weighted by Gasteiger charge is 2.39. The summed E-state index contributed by atoms with van der Waals surface area (Å²) >= 11 is 0. The van der Waals surface area contributed by atoms with Gasteiger partial charge in [0.25, 0.3) is 0 Å². The van der Waals surface area contributed by atoms with Gasteiger partial charge in [-0.25, -0.2) is 4.79 Å². The largest absolute Gasteiger partial charge is 0.465 e. The molecule has 10 heteroatoms. The number of amides is 3. The first-order valence-corrected chi connectivity index (χ1v) is 18.0. The molecule has 0 bridgehead atoms. The number of nitrogens with zero attached hydrogens (tertiary/aromatic N) is 1. The summed E-state index contributed by atoms with van der Waals surface area (Å²) in [6.07, 6.45) is 3.45. The van der Waals surface area contributed by atoms with Gasteiger partial charge in [-0.1, -0.05) is 72.8 Å². The zero-order valence-electron chi connectivity index (χ0n) is 30.0. The van der Waals surface area contributed by atoms with Crippen molar-refractivity contribution in [1.29, 1.82) is 0 Å². The monoisotopic (exact) mass is 701 g/mol. The topological polar surface area (TPSA) is 129 Å². The number of rotatable bonds is 12. The van der Waals surface area contributed by atoms with Crippen molar-refractivity contribution in [3.8, 4) is 0 Å². The van der Waals surface area contributed by atoms with Gasteiger partial charge in [-0.05, 0) is 90.9 Å². The van der Waals surface area contributed by atoms with Crippen molar-refractivity contribution in [3.05, 3.63) is 136 Å². The van der Waals surface area contributed by atoms with E-state index in [1.54, 1.807) is 31.0 Å². The van der Waals surface area contributed by atoms with Crippen LogP contribution in [0.4, 0.5) is 5.69 Å². The smallest absolute Gasteiger partial charge is 0.337 e. The summed E-state index contributed by atoms with van der Waals surface area (Å²) in [5, 5.41) is 12.6. The van der Waals surface area contributed by atoms with Crippen LogP contribution in [0, 0.1) is 0 Å². The van der Waals surface area contributed by atoms with Crippen molar-refractivity contribution in [2.75, 3.05) is 19.5 Å². The number of likely N-dealkylation sites (N-methyl/N-ethyl adjacent to an activating group) is 1. The molecular formula is C42H47N5O5. The van der Waals surface area contributed by atoms with E-state index in [-0.39, 0.29) is 42.7 Å². The maximum absolute atomic E-state index is 14.6. The minimum absolute atomic E-state index is 0.120. The second kappa shape index (κ2) is 16.7. The van der Waals surface area contributed by atoms with Gasteiger partial charge < -0.3 is 30.9 Å². The lowest BCUT2D eigenvalue weighted by Crippen LogP contribution is -2.59. The van der Waals surface area contributed by atoms with Crippen LogP contribution in [0.5, 0.6) is 0 Å².